The number of fused-ring (bicyclic) bond motifs is 1. The Morgan fingerprint density at radius 3 is 1.77 bits per heavy atom. The van der Waals surface area contributed by atoms with Crippen LogP contribution in [0.4, 0.5) is 0 Å². The van der Waals surface area contributed by atoms with E-state index in [2.05, 4.69) is 0 Å². The standard InChI is InChI=1S/C17H15NO4/c1-21-12-8-9-13(22-2)15-14(12)16(19)18(17(15)20)10-11-6-4-3-5-7-11/h3-9H,10H2,1-2H3. The SMILES string of the molecule is COc1ccc(OC)c2c1C(=O)N(Cc1ccccc1)C2=O. The molecule has 1 aliphatic rings. The zero-order chi connectivity index (χ0) is 15.7. The summed E-state index contributed by atoms with van der Waals surface area (Å²) in [6.07, 6.45) is 0. The molecule has 1 heterocycles. The highest BCUT2D eigenvalue weighted by Gasteiger charge is 2.40. The molecule has 2 aromatic rings. The van der Waals surface area contributed by atoms with Crippen molar-refractivity contribution in [2.45, 2.75) is 6.54 Å². The number of carbonyl (C=O) groups is 2. The highest BCUT2D eigenvalue weighted by molar-refractivity contribution is 6.23. The van der Waals surface area contributed by atoms with Gasteiger partial charge >= 0.3 is 0 Å². The Morgan fingerprint density at radius 1 is 0.818 bits per heavy atom. The molecule has 1 aliphatic heterocycles. The highest BCUT2D eigenvalue weighted by Crippen LogP contribution is 2.37. The maximum absolute atomic E-state index is 12.6. The van der Waals surface area contributed by atoms with Crippen LogP contribution in [0, 0.1) is 0 Å². The fourth-order valence-electron chi connectivity index (χ4n) is 2.60. The van der Waals surface area contributed by atoms with Gasteiger partial charge in [-0.1, -0.05) is 30.3 Å². The first-order valence-electron chi connectivity index (χ1n) is 6.82. The van der Waals surface area contributed by atoms with Crippen LogP contribution in [0.25, 0.3) is 0 Å². The molecule has 0 bridgehead atoms. The second kappa shape index (κ2) is 5.52. The highest BCUT2D eigenvalue weighted by atomic mass is 16.5. The van der Waals surface area contributed by atoms with Gasteiger partial charge in [-0.2, -0.15) is 0 Å². The minimum absolute atomic E-state index is 0.222. The molecule has 0 aromatic heterocycles. The van der Waals surface area contributed by atoms with Gasteiger partial charge in [0.2, 0.25) is 0 Å². The minimum atomic E-state index is -0.361. The first-order chi connectivity index (χ1) is 10.7. The number of amides is 2. The quantitative estimate of drug-likeness (QED) is 0.814. The van der Waals surface area contributed by atoms with Crippen LogP contribution in [0.1, 0.15) is 26.3 Å². The summed E-state index contributed by atoms with van der Waals surface area (Å²) in [6.45, 7) is 0.222. The molecular weight excluding hydrogens is 282 g/mol. The smallest absolute Gasteiger partial charge is 0.265 e. The second-order valence-corrected chi connectivity index (χ2v) is 4.90. The van der Waals surface area contributed by atoms with Gasteiger partial charge in [0, 0.05) is 0 Å². The normalized spacial score (nSPS) is 13.3. The van der Waals surface area contributed by atoms with Crippen molar-refractivity contribution < 1.29 is 19.1 Å². The van der Waals surface area contributed by atoms with E-state index in [0.29, 0.717) is 11.5 Å². The van der Waals surface area contributed by atoms with Crippen molar-refractivity contribution in [3.8, 4) is 11.5 Å². The molecule has 5 nitrogen and oxygen atoms in total. The first-order valence-corrected chi connectivity index (χ1v) is 6.82. The molecule has 0 spiro atoms. The summed E-state index contributed by atoms with van der Waals surface area (Å²) in [7, 11) is 2.94. The van der Waals surface area contributed by atoms with Gasteiger partial charge in [-0.25, -0.2) is 0 Å². The molecule has 0 fully saturated rings. The summed E-state index contributed by atoms with van der Waals surface area (Å²) in [6, 6.07) is 12.6. The molecule has 0 saturated heterocycles. The maximum atomic E-state index is 12.6. The summed E-state index contributed by atoms with van der Waals surface area (Å²) in [5.74, 6) is 0.0358. The van der Waals surface area contributed by atoms with Gasteiger partial charge in [0.25, 0.3) is 11.8 Å². The Labute approximate surface area is 128 Å². The molecule has 22 heavy (non-hydrogen) atoms. The molecule has 3 rings (SSSR count). The average molecular weight is 297 g/mol. The molecular formula is C17H15NO4. The molecule has 0 atom stereocenters. The summed E-state index contributed by atoms with van der Waals surface area (Å²) in [5.41, 5.74) is 1.42. The van der Waals surface area contributed by atoms with Crippen LogP contribution >= 0.6 is 0 Å². The molecule has 0 N–H and O–H groups in total. The molecule has 0 aliphatic carbocycles. The number of hydrogen-bond acceptors (Lipinski definition) is 4. The third-order valence-electron chi connectivity index (χ3n) is 3.67. The van der Waals surface area contributed by atoms with Gasteiger partial charge in [0.05, 0.1) is 31.9 Å². The zero-order valence-corrected chi connectivity index (χ0v) is 12.3. The number of hydrogen-bond donors (Lipinski definition) is 0. The summed E-state index contributed by atoms with van der Waals surface area (Å²) in [4.78, 5) is 26.5. The number of nitrogens with zero attached hydrogens (tertiary/aromatic N) is 1. The van der Waals surface area contributed by atoms with E-state index >= 15 is 0 Å². The lowest BCUT2D eigenvalue weighted by Crippen LogP contribution is -2.29. The lowest BCUT2D eigenvalue weighted by atomic mass is 10.1. The van der Waals surface area contributed by atoms with E-state index < -0.39 is 0 Å². The van der Waals surface area contributed by atoms with E-state index in [1.165, 1.54) is 19.1 Å². The molecule has 2 amide bonds. The number of methoxy groups -OCH3 is 2. The van der Waals surface area contributed by atoms with Crippen molar-refractivity contribution in [3.63, 3.8) is 0 Å². The van der Waals surface area contributed by atoms with Crippen molar-refractivity contribution in [1.29, 1.82) is 0 Å². The van der Waals surface area contributed by atoms with E-state index in [9.17, 15) is 9.59 Å². The van der Waals surface area contributed by atoms with E-state index in [-0.39, 0.29) is 29.5 Å². The lowest BCUT2D eigenvalue weighted by molar-refractivity contribution is 0.0640. The van der Waals surface area contributed by atoms with E-state index in [1.54, 1.807) is 12.1 Å². The van der Waals surface area contributed by atoms with Crippen molar-refractivity contribution in [2.24, 2.45) is 0 Å². The fraction of sp³-hybridized carbons (Fsp3) is 0.176. The Balaban J connectivity index is 2.04. The van der Waals surface area contributed by atoms with Crippen molar-refractivity contribution in [2.75, 3.05) is 14.2 Å². The lowest BCUT2D eigenvalue weighted by Gasteiger charge is -2.13. The number of ether oxygens (including phenoxy) is 2. The molecule has 2 aromatic carbocycles. The largest absolute Gasteiger partial charge is 0.496 e. The van der Waals surface area contributed by atoms with Crippen LogP contribution in [0.15, 0.2) is 42.5 Å². The Morgan fingerprint density at radius 2 is 1.32 bits per heavy atom. The van der Waals surface area contributed by atoms with Crippen LogP contribution in [0.3, 0.4) is 0 Å². The monoisotopic (exact) mass is 297 g/mol. The predicted molar refractivity (Wildman–Crippen MR) is 80.2 cm³/mol. The Bertz CT molecular complexity index is 697. The van der Waals surface area contributed by atoms with Crippen molar-refractivity contribution in [1.82, 2.24) is 4.90 Å². The first kappa shape index (κ1) is 14.1. The van der Waals surface area contributed by atoms with Gasteiger partial charge < -0.3 is 9.47 Å². The minimum Gasteiger partial charge on any atom is -0.496 e. The van der Waals surface area contributed by atoms with Crippen LogP contribution in [0.5, 0.6) is 11.5 Å². The number of carbonyl (C=O) groups excluding carboxylic acids is 2. The van der Waals surface area contributed by atoms with E-state index in [1.807, 2.05) is 30.3 Å². The third kappa shape index (κ3) is 2.11. The average Bonchev–Trinajstić information content (AvgIpc) is 2.81. The summed E-state index contributed by atoms with van der Waals surface area (Å²) >= 11 is 0. The van der Waals surface area contributed by atoms with Crippen molar-refractivity contribution >= 4 is 11.8 Å². The van der Waals surface area contributed by atoms with Crippen LogP contribution in [-0.4, -0.2) is 30.9 Å². The van der Waals surface area contributed by atoms with Crippen molar-refractivity contribution in [3.05, 3.63) is 59.2 Å². The van der Waals surface area contributed by atoms with Gasteiger partial charge in [0.15, 0.2) is 0 Å². The van der Waals surface area contributed by atoms with E-state index in [0.717, 1.165) is 5.56 Å². The molecule has 0 saturated carbocycles. The zero-order valence-electron chi connectivity index (χ0n) is 12.3. The molecule has 5 heteroatoms. The Kier molecular flexibility index (Phi) is 3.55. The van der Waals surface area contributed by atoms with Gasteiger partial charge in [-0.05, 0) is 17.7 Å². The van der Waals surface area contributed by atoms with E-state index in [4.69, 9.17) is 9.47 Å². The number of rotatable bonds is 4. The topological polar surface area (TPSA) is 55.8 Å². The van der Waals surface area contributed by atoms with Gasteiger partial charge in [-0.15, -0.1) is 0 Å². The predicted octanol–water partition coefficient (Wildman–Crippen LogP) is 2.50. The molecule has 0 unspecified atom stereocenters. The van der Waals surface area contributed by atoms with Gasteiger partial charge in [-0.3, -0.25) is 14.5 Å². The second-order valence-electron chi connectivity index (χ2n) is 4.90. The third-order valence-corrected chi connectivity index (χ3v) is 3.67. The summed E-state index contributed by atoms with van der Waals surface area (Å²) in [5, 5.41) is 0. The number of imide groups is 1. The summed E-state index contributed by atoms with van der Waals surface area (Å²) < 4.78 is 10.4. The van der Waals surface area contributed by atoms with Crippen LogP contribution < -0.4 is 9.47 Å². The molecule has 0 radical (unpaired) electrons. The van der Waals surface area contributed by atoms with Gasteiger partial charge in [0.1, 0.15) is 11.5 Å². The van der Waals surface area contributed by atoms with Crippen LogP contribution in [-0.2, 0) is 6.54 Å². The Hall–Kier alpha value is -2.82. The molecule has 112 valence electrons. The number of benzene rings is 2. The maximum Gasteiger partial charge on any atom is 0.265 e. The van der Waals surface area contributed by atoms with Crippen LogP contribution in [0.2, 0.25) is 0 Å². The fourth-order valence-corrected chi connectivity index (χ4v) is 2.60.